The number of anilines is 1. The molecule has 33 heavy (non-hydrogen) atoms. The van der Waals surface area contributed by atoms with Crippen LogP contribution in [0, 0.1) is 6.92 Å². The number of amides is 1. The fourth-order valence-corrected chi connectivity index (χ4v) is 3.56. The van der Waals surface area contributed by atoms with Crippen LogP contribution in [0.4, 0.5) is 5.69 Å². The first-order valence-electron chi connectivity index (χ1n) is 11.0. The summed E-state index contributed by atoms with van der Waals surface area (Å²) in [5.74, 6) is 0.820. The first kappa shape index (κ1) is 22.3. The van der Waals surface area contributed by atoms with Gasteiger partial charge in [-0.2, -0.15) is 0 Å². The second-order valence-corrected chi connectivity index (χ2v) is 8.28. The molecular weight excluding hydrogens is 412 g/mol. The van der Waals surface area contributed by atoms with Gasteiger partial charge in [0, 0.05) is 43.0 Å². The Balaban J connectivity index is 1.29. The van der Waals surface area contributed by atoms with Gasteiger partial charge < -0.3 is 14.6 Å². The number of aromatic nitrogens is 2. The topological polar surface area (TPSA) is 71.3 Å². The van der Waals surface area contributed by atoms with Crippen LogP contribution in [-0.4, -0.2) is 36.7 Å². The van der Waals surface area contributed by atoms with Gasteiger partial charge in [0.25, 0.3) is 5.91 Å². The molecular formula is C27H28N4O2. The normalized spacial score (nSPS) is 10.8. The van der Waals surface area contributed by atoms with Crippen LogP contribution in [0.25, 0.3) is 22.9 Å². The third-order valence-electron chi connectivity index (χ3n) is 5.46. The molecule has 168 valence electrons. The summed E-state index contributed by atoms with van der Waals surface area (Å²) in [6.07, 6.45) is 1.81. The molecule has 0 unspecified atom stereocenters. The predicted octanol–water partition coefficient (Wildman–Crippen LogP) is 5.14. The highest BCUT2D eigenvalue weighted by Crippen LogP contribution is 2.24. The summed E-state index contributed by atoms with van der Waals surface area (Å²) in [6.45, 7) is 2.65. The van der Waals surface area contributed by atoms with Crippen LogP contribution >= 0.6 is 0 Å². The lowest BCUT2D eigenvalue weighted by molar-refractivity contribution is 0.0953. The van der Waals surface area contributed by atoms with Crippen molar-refractivity contribution in [2.24, 2.45) is 0 Å². The lowest BCUT2D eigenvalue weighted by atomic mass is 10.1. The average Bonchev–Trinajstić information content (AvgIpc) is 3.32. The molecule has 0 saturated carbocycles. The van der Waals surface area contributed by atoms with Gasteiger partial charge in [0.05, 0.1) is 0 Å². The molecule has 0 aliphatic heterocycles. The summed E-state index contributed by atoms with van der Waals surface area (Å²) in [7, 11) is 4.06. The largest absolute Gasteiger partial charge is 0.416 e. The monoisotopic (exact) mass is 440 g/mol. The summed E-state index contributed by atoms with van der Waals surface area (Å²) in [5, 5.41) is 11.3. The van der Waals surface area contributed by atoms with Crippen LogP contribution < -0.4 is 10.2 Å². The molecule has 1 N–H and O–H groups in total. The van der Waals surface area contributed by atoms with Gasteiger partial charge in [-0.25, -0.2) is 0 Å². The molecule has 3 aromatic carbocycles. The minimum Gasteiger partial charge on any atom is -0.416 e. The Morgan fingerprint density at radius 3 is 2.27 bits per heavy atom. The number of rotatable bonds is 8. The van der Waals surface area contributed by atoms with Gasteiger partial charge in [0.15, 0.2) is 0 Å². The van der Waals surface area contributed by atoms with Crippen LogP contribution in [0.1, 0.15) is 27.9 Å². The van der Waals surface area contributed by atoms with Gasteiger partial charge in [0.2, 0.25) is 11.8 Å². The van der Waals surface area contributed by atoms with Crippen molar-refractivity contribution in [3.05, 3.63) is 89.5 Å². The molecule has 0 bridgehead atoms. The van der Waals surface area contributed by atoms with E-state index in [-0.39, 0.29) is 5.91 Å². The van der Waals surface area contributed by atoms with Gasteiger partial charge >= 0.3 is 0 Å². The van der Waals surface area contributed by atoms with Crippen molar-refractivity contribution in [1.82, 2.24) is 15.5 Å². The summed E-state index contributed by atoms with van der Waals surface area (Å²) < 4.78 is 5.83. The summed E-state index contributed by atoms with van der Waals surface area (Å²) in [4.78, 5) is 14.6. The maximum atomic E-state index is 12.5. The van der Waals surface area contributed by atoms with E-state index in [1.54, 1.807) is 12.1 Å². The zero-order valence-electron chi connectivity index (χ0n) is 19.2. The van der Waals surface area contributed by atoms with E-state index in [0.717, 1.165) is 29.5 Å². The Labute approximate surface area is 194 Å². The van der Waals surface area contributed by atoms with E-state index >= 15 is 0 Å². The van der Waals surface area contributed by atoms with E-state index < -0.39 is 0 Å². The van der Waals surface area contributed by atoms with Crippen LogP contribution in [0.2, 0.25) is 0 Å². The molecule has 1 heterocycles. The smallest absolute Gasteiger partial charge is 0.251 e. The molecule has 4 rings (SSSR count). The molecule has 1 aromatic heterocycles. The molecule has 0 spiro atoms. The van der Waals surface area contributed by atoms with E-state index in [1.807, 2.05) is 57.4 Å². The van der Waals surface area contributed by atoms with E-state index in [9.17, 15) is 4.79 Å². The quantitative estimate of drug-likeness (QED) is 0.384. The molecule has 0 radical (unpaired) electrons. The lowest BCUT2D eigenvalue weighted by Gasteiger charge is -2.12. The van der Waals surface area contributed by atoms with Crippen molar-refractivity contribution in [1.29, 1.82) is 0 Å². The first-order chi connectivity index (χ1) is 16.0. The molecule has 4 aromatic rings. The Bertz CT molecular complexity index is 1210. The van der Waals surface area contributed by atoms with E-state index in [1.165, 1.54) is 11.3 Å². The van der Waals surface area contributed by atoms with Crippen molar-refractivity contribution in [3.63, 3.8) is 0 Å². The van der Waals surface area contributed by atoms with Crippen molar-refractivity contribution < 1.29 is 9.21 Å². The van der Waals surface area contributed by atoms with Crippen molar-refractivity contribution >= 4 is 11.6 Å². The molecule has 0 fully saturated rings. The van der Waals surface area contributed by atoms with Gasteiger partial charge in [-0.05, 0) is 73.9 Å². The highest BCUT2D eigenvalue weighted by molar-refractivity contribution is 5.94. The maximum Gasteiger partial charge on any atom is 0.251 e. The van der Waals surface area contributed by atoms with Crippen molar-refractivity contribution in [3.8, 4) is 22.9 Å². The SMILES string of the molecule is Cc1cccc(-c2nnc(-c3ccc(C(=O)NCCCc4ccc(N(C)C)cc4)cc3)o2)c1. The molecule has 6 heteroatoms. The fourth-order valence-electron chi connectivity index (χ4n) is 3.56. The molecule has 6 nitrogen and oxygen atoms in total. The standard InChI is InChI=1S/C27H28N4O2/c1-19-6-4-8-23(18-19)27-30-29-26(33-27)22-13-11-21(12-14-22)25(32)28-17-5-7-20-9-15-24(16-10-20)31(2)3/h4,6,8-16,18H,5,7,17H2,1-3H3,(H,28,32). The maximum absolute atomic E-state index is 12.5. The third kappa shape index (κ3) is 5.66. The zero-order chi connectivity index (χ0) is 23.2. The highest BCUT2D eigenvalue weighted by atomic mass is 16.4. The third-order valence-corrected chi connectivity index (χ3v) is 5.46. The molecule has 1 amide bonds. The van der Waals surface area contributed by atoms with Gasteiger partial charge in [0.1, 0.15) is 0 Å². The summed E-state index contributed by atoms with van der Waals surface area (Å²) in [5.41, 5.74) is 5.85. The number of benzene rings is 3. The molecule has 0 aliphatic rings. The number of nitrogens with one attached hydrogen (secondary N) is 1. The number of carbonyl (C=O) groups is 1. The Hall–Kier alpha value is -3.93. The number of aryl methyl sites for hydroxylation is 2. The van der Waals surface area contributed by atoms with Gasteiger partial charge in [-0.1, -0.05) is 29.8 Å². The summed E-state index contributed by atoms with van der Waals surface area (Å²) >= 11 is 0. The Morgan fingerprint density at radius 2 is 1.61 bits per heavy atom. The minimum absolute atomic E-state index is 0.0875. The average molecular weight is 441 g/mol. The van der Waals surface area contributed by atoms with Gasteiger partial charge in [-0.15, -0.1) is 10.2 Å². The van der Waals surface area contributed by atoms with Crippen LogP contribution in [0.15, 0.2) is 77.2 Å². The second-order valence-electron chi connectivity index (χ2n) is 8.28. The van der Waals surface area contributed by atoms with Crippen LogP contribution in [-0.2, 0) is 6.42 Å². The van der Waals surface area contributed by atoms with Crippen LogP contribution in [0.5, 0.6) is 0 Å². The van der Waals surface area contributed by atoms with E-state index in [0.29, 0.717) is 23.9 Å². The molecule has 0 saturated heterocycles. The van der Waals surface area contributed by atoms with Gasteiger partial charge in [-0.3, -0.25) is 4.79 Å². The van der Waals surface area contributed by atoms with E-state index in [4.69, 9.17) is 4.42 Å². The number of hydrogen-bond acceptors (Lipinski definition) is 5. The highest BCUT2D eigenvalue weighted by Gasteiger charge is 2.12. The van der Waals surface area contributed by atoms with Crippen molar-refractivity contribution in [2.75, 3.05) is 25.5 Å². The number of carbonyl (C=O) groups excluding carboxylic acids is 1. The molecule has 0 aliphatic carbocycles. The van der Waals surface area contributed by atoms with Crippen LogP contribution in [0.3, 0.4) is 0 Å². The zero-order valence-corrected chi connectivity index (χ0v) is 19.2. The fraction of sp³-hybridized carbons (Fsp3) is 0.222. The lowest BCUT2D eigenvalue weighted by Crippen LogP contribution is -2.24. The predicted molar refractivity (Wildman–Crippen MR) is 131 cm³/mol. The van der Waals surface area contributed by atoms with Crippen molar-refractivity contribution in [2.45, 2.75) is 19.8 Å². The Morgan fingerprint density at radius 1 is 0.909 bits per heavy atom. The molecule has 0 atom stereocenters. The minimum atomic E-state index is -0.0875. The van der Waals surface area contributed by atoms with E-state index in [2.05, 4.69) is 44.7 Å². The number of hydrogen-bond donors (Lipinski definition) is 1. The first-order valence-corrected chi connectivity index (χ1v) is 11.0. The summed E-state index contributed by atoms with van der Waals surface area (Å²) in [6, 6.07) is 23.6. The second kappa shape index (κ2) is 10.1. The number of nitrogens with zero attached hydrogens (tertiary/aromatic N) is 3. The Kier molecular flexibility index (Phi) is 6.83.